The van der Waals surface area contributed by atoms with Crippen molar-refractivity contribution in [1.29, 1.82) is 5.41 Å². The lowest BCUT2D eigenvalue weighted by atomic mass is 9.81. The minimum Gasteiger partial charge on any atom is -0.380 e. The maximum Gasteiger partial charge on any atom is 0.0692 e. The molecule has 0 bridgehead atoms. The number of methoxy groups -OCH3 is 1. The van der Waals surface area contributed by atoms with Gasteiger partial charge < -0.3 is 15.0 Å². The van der Waals surface area contributed by atoms with Gasteiger partial charge in [0.25, 0.3) is 0 Å². The number of hydrogen-bond donors (Lipinski definition) is 1. The van der Waals surface area contributed by atoms with Crippen LogP contribution in [0.5, 0.6) is 0 Å². The summed E-state index contributed by atoms with van der Waals surface area (Å²) in [5.74, 6) is 0. The highest BCUT2D eigenvalue weighted by Gasteiger charge is 2.54. The Morgan fingerprint density at radius 2 is 2.31 bits per heavy atom. The molecule has 2 fully saturated rings. The molecule has 0 spiro atoms. The predicted molar refractivity (Wildman–Crippen MR) is 52.3 cm³/mol. The first-order valence-electron chi connectivity index (χ1n) is 4.99. The van der Waals surface area contributed by atoms with Crippen LogP contribution in [-0.2, 0) is 4.74 Å². The van der Waals surface area contributed by atoms with Crippen LogP contribution in [0.15, 0.2) is 0 Å². The summed E-state index contributed by atoms with van der Waals surface area (Å²) in [5, 5.41) is 7.61. The van der Waals surface area contributed by atoms with E-state index in [4.69, 9.17) is 10.1 Å². The summed E-state index contributed by atoms with van der Waals surface area (Å²) < 4.78 is 5.49. The zero-order chi connectivity index (χ0) is 9.47. The van der Waals surface area contributed by atoms with Gasteiger partial charge in [-0.15, -0.1) is 0 Å². The van der Waals surface area contributed by atoms with E-state index in [0.717, 1.165) is 19.4 Å². The number of fused-ring (bicyclic) bond motifs is 1. The lowest BCUT2D eigenvalue weighted by Crippen LogP contribution is -2.40. The first-order valence-corrected chi connectivity index (χ1v) is 4.99. The van der Waals surface area contributed by atoms with Crippen molar-refractivity contribution in [3.8, 4) is 0 Å². The Bertz CT molecular complexity index is 219. The molecule has 2 rings (SSSR count). The van der Waals surface area contributed by atoms with E-state index >= 15 is 0 Å². The van der Waals surface area contributed by atoms with Crippen molar-refractivity contribution >= 4 is 6.21 Å². The Morgan fingerprint density at radius 1 is 1.54 bits per heavy atom. The third-order valence-corrected chi connectivity index (χ3v) is 3.90. The SMILES string of the molecule is CO[C@@H]1CC[C@H]2N(C)CCC12C=N. The van der Waals surface area contributed by atoms with Gasteiger partial charge in [-0.1, -0.05) is 0 Å². The lowest BCUT2D eigenvalue weighted by molar-refractivity contribution is 0.0448. The van der Waals surface area contributed by atoms with Crippen molar-refractivity contribution in [3.63, 3.8) is 0 Å². The molecule has 1 aliphatic heterocycles. The molecule has 3 nitrogen and oxygen atoms in total. The van der Waals surface area contributed by atoms with E-state index in [1.165, 1.54) is 6.42 Å². The molecule has 0 aromatic heterocycles. The average Bonchev–Trinajstić information content (AvgIpc) is 2.65. The molecule has 1 saturated carbocycles. The summed E-state index contributed by atoms with van der Waals surface area (Å²) in [5.41, 5.74) is 0.0312. The number of rotatable bonds is 2. The topological polar surface area (TPSA) is 36.3 Å². The first-order chi connectivity index (χ1) is 6.24. The molecule has 74 valence electrons. The number of likely N-dealkylation sites (tertiary alicyclic amines) is 1. The zero-order valence-electron chi connectivity index (χ0n) is 8.42. The molecule has 1 heterocycles. The normalized spacial score (nSPS) is 45.1. The Hall–Kier alpha value is -0.410. The molecule has 1 N–H and O–H groups in total. The van der Waals surface area contributed by atoms with Crippen molar-refractivity contribution in [2.45, 2.75) is 31.4 Å². The van der Waals surface area contributed by atoms with Gasteiger partial charge in [0.1, 0.15) is 0 Å². The number of nitrogens with zero attached hydrogens (tertiary/aromatic N) is 1. The van der Waals surface area contributed by atoms with Crippen LogP contribution in [0.3, 0.4) is 0 Å². The van der Waals surface area contributed by atoms with Crippen molar-refractivity contribution in [1.82, 2.24) is 4.90 Å². The van der Waals surface area contributed by atoms with Gasteiger partial charge in [-0.2, -0.15) is 0 Å². The van der Waals surface area contributed by atoms with E-state index in [2.05, 4.69) is 11.9 Å². The second kappa shape index (κ2) is 3.07. The molecule has 0 aromatic carbocycles. The number of hydrogen-bond acceptors (Lipinski definition) is 3. The standard InChI is InChI=1S/C10H18N2O/c1-12-6-5-10(7-11)8(12)3-4-9(10)13-2/h7-9,11H,3-6H2,1-2H3/t8-,9-,10?/m1/s1. The molecular formula is C10H18N2O. The fourth-order valence-corrected chi connectivity index (χ4v) is 3.14. The summed E-state index contributed by atoms with van der Waals surface area (Å²) in [6.45, 7) is 1.11. The molecule has 3 atom stereocenters. The van der Waals surface area contributed by atoms with Crippen LogP contribution in [-0.4, -0.2) is 44.0 Å². The Morgan fingerprint density at radius 3 is 2.92 bits per heavy atom. The number of nitrogens with one attached hydrogen (secondary N) is 1. The van der Waals surface area contributed by atoms with Crippen molar-refractivity contribution in [2.24, 2.45) is 5.41 Å². The lowest BCUT2D eigenvalue weighted by Gasteiger charge is -2.31. The van der Waals surface area contributed by atoms with Crippen LogP contribution in [0.1, 0.15) is 19.3 Å². The van der Waals surface area contributed by atoms with E-state index < -0.39 is 0 Å². The Labute approximate surface area is 79.6 Å². The molecule has 1 aliphatic carbocycles. The minimum absolute atomic E-state index is 0.0312. The van der Waals surface area contributed by atoms with Crippen LogP contribution in [0.25, 0.3) is 0 Å². The van der Waals surface area contributed by atoms with Crippen LogP contribution >= 0.6 is 0 Å². The van der Waals surface area contributed by atoms with E-state index in [9.17, 15) is 0 Å². The molecule has 13 heavy (non-hydrogen) atoms. The van der Waals surface area contributed by atoms with E-state index in [0.29, 0.717) is 6.04 Å². The van der Waals surface area contributed by atoms with Crippen LogP contribution in [0.4, 0.5) is 0 Å². The monoisotopic (exact) mass is 182 g/mol. The molecule has 0 aromatic rings. The van der Waals surface area contributed by atoms with Crippen LogP contribution in [0, 0.1) is 10.8 Å². The smallest absolute Gasteiger partial charge is 0.0692 e. The van der Waals surface area contributed by atoms with Crippen molar-refractivity contribution in [3.05, 3.63) is 0 Å². The molecule has 2 aliphatic rings. The van der Waals surface area contributed by atoms with Gasteiger partial charge in [-0.3, -0.25) is 0 Å². The third-order valence-electron chi connectivity index (χ3n) is 3.90. The summed E-state index contributed by atoms with van der Waals surface area (Å²) in [6.07, 6.45) is 5.31. The average molecular weight is 182 g/mol. The zero-order valence-corrected chi connectivity index (χ0v) is 8.42. The highest BCUT2D eigenvalue weighted by Crippen LogP contribution is 2.47. The largest absolute Gasteiger partial charge is 0.380 e. The van der Waals surface area contributed by atoms with Gasteiger partial charge >= 0.3 is 0 Å². The van der Waals surface area contributed by atoms with Crippen molar-refractivity contribution < 1.29 is 4.74 Å². The molecule has 0 radical (unpaired) electrons. The highest BCUT2D eigenvalue weighted by atomic mass is 16.5. The van der Waals surface area contributed by atoms with E-state index in [1.807, 2.05) is 0 Å². The summed E-state index contributed by atoms with van der Waals surface area (Å²) >= 11 is 0. The van der Waals surface area contributed by atoms with E-state index in [-0.39, 0.29) is 11.5 Å². The van der Waals surface area contributed by atoms with Crippen LogP contribution in [0.2, 0.25) is 0 Å². The molecule has 0 amide bonds. The van der Waals surface area contributed by atoms with Gasteiger partial charge in [0.05, 0.1) is 6.10 Å². The Balaban J connectivity index is 2.27. The fraction of sp³-hybridized carbons (Fsp3) is 0.900. The molecule has 1 saturated heterocycles. The minimum atomic E-state index is 0.0312. The van der Waals surface area contributed by atoms with Gasteiger partial charge in [0, 0.05) is 24.8 Å². The first kappa shape index (κ1) is 9.16. The maximum atomic E-state index is 7.61. The van der Waals surface area contributed by atoms with Crippen LogP contribution < -0.4 is 0 Å². The maximum absolute atomic E-state index is 7.61. The molecule has 1 unspecified atom stereocenters. The Kier molecular flexibility index (Phi) is 2.16. The van der Waals surface area contributed by atoms with Gasteiger partial charge in [0.2, 0.25) is 0 Å². The summed E-state index contributed by atoms with van der Waals surface area (Å²) in [6, 6.07) is 0.551. The second-order valence-corrected chi connectivity index (χ2v) is 4.30. The van der Waals surface area contributed by atoms with Crippen molar-refractivity contribution in [2.75, 3.05) is 20.7 Å². The fourth-order valence-electron chi connectivity index (χ4n) is 3.14. The highest BCUT2D eigenvalue weighted by molar-refractivity contribution is 5.66. The predicted octanol–water partition coefficient (Wildman–Crippen LogP) is 1.14. The summed E-state index contributed by atoms with van der Waals surface area (Å²) in [7, 11) is 3.94. The molecular weight excluding hydrogens is 164 g/mol. The molecule has 3 heteroatoms. The third kappa shape index (κ3) is 1.07. The number of ether oxygens (including phenoxy) is 1. The summed E-state index contributed by atoms with van der Waals surface area (Å²) in [4.78, 5) is 2.38. The quantitative estimate of drug-likeness (QED) is 0.650. The second-order valence-electron chi connectivity index (χ2n) is 4.30. The van der Waals surface area contributed by atoms with Gasteiger partial charge in [-0.05, 0) is 32.9 Å². The van der Waals surface area contributed by atoms with Gasteiger partial charge in [-0.25, -0.2) is 0 Å². The van der Waals surface area contributed by atoms with E-state index in [1.54, 1.807) is 13.3 Å². The van der Waals surface area contributed by atoms with Gasteiger partial charge in [0.15, 0.2) is 0 Å².